The number of carboxylic acids is 1. The monoisotopic (exact) mass is 330 g/mol. The van der Waals surface area contributed by atoms with Crippen LogP contribution in [0.3, 0.4) is 0 Å². The first-order chi connectivity index (χ1) is 9.88. The van der Waals surface area contributed by atoms with Crippen LogP contribution in [-0.2, 0) is 4.79 Å². The van der Waals surface area contributed by atoms with Gasteiger partial charge in [0.1, 0.15) is 6.04 Å². The minimum atomic E-state index is -0.941. The van der Waals surface area contributed by atoms with Crippen molar-refractivity contribution in [3.63, 3.8) is 0 Å². The number of carboxylic acid groups (broad SMARTS) is 1. The van der Waals surface area contributed by atoms with Crippen LogP contribution in [0.15, 0.2) is 12.1 Å². The number of amides is 2. The molecule has 0 spiro atoms. The maximum Gasteiger partial charge on any atom is 0.326 e. The molecule has 0 saturated carbocycles. The average Bonchev–Trinajstić information content (AvgIpc) is 2.85. The second-order valence-electron chi connectivity index (χ2n) is 5.49. The van der Waals surface area contributed by atoms with Crippen LogP contribution in [0.2, 0.25) is 4.34 Å². The Morgan fingerprint density at radius 2 is 2.24 bits per heavy atom. The van der Waals surface area contributed by atoms with Gasteiger partial charge in [0.15, 0.2) is 0 Å². The van der Waals surface area contributed by atoms with Crippen LogP contribution < -0.4 is 5.32 Å². The van der Waals surface area contributed by atoms with Crippen LogP contribution in [0.25, 0.3) is 0 Å². The number of halogens is 1. The molecule has 2 rings (SSSR count). The lowest BCUT2D eigenvalue weighted by atomic mass is 9.93. The number of thiophene rings is 1. The van der Waals surface area contributed by atoms with E-state index in [9.17, 15) is 14.7 Å². The number of likely N-dealkylation sites (tertiary alicyclic amines) is 1. The molecular formula is C14H19ClN2O3S. The molecule has 2 N–H and O–H groups in total. The number of carbonyl (C=O) groups excluding carboxylic acids is 1. The summed E-state index contributed by atoms with van der Waals surface area (Å²) in [6, 6.07) is 2.39. The topological polar surface area (TPSA) is 69.6 Å². The fourth-order valence-corrected chi connectivity index (χ4v) is 3.58. The van der Waals surface area contributed by atoms with Gasteiger partial charge in [0.05, 0.1) is 10.4 Å². The highest BCUT2D eigenvalue weighted by Crippen LogP contribution is 2.28. The second kappa shape index (κ2) is 6.66. The number of piperidine rings is 1. The van der Waals surface area contributed by atoms with Gasteiger partial charge in [-0.15, -0.1) is 11.3 Å². The minimum Gasteiger partial charge on any atom is -0.480 e. The van der Waals surface area contributed by atoms with Gasteiger partial charge in [-0.05, 0) is 37.8 Å². The van der Waals surface area contributed by atoms with Crippen molar-refractivity contribution in [2.24, 2.45) is 5.92 Å². The number of aliphatic carboxylic acids is 1. The summed E-state index contributed by atoms with van der Waals surface area (Å²) in [4.78, 5) is 26.0. The molecule has 3 unspecified atom stereocenters. The van der Waals surface area contributed by atoms with E-state index in [-0.39, 0.29) is 12.1 Å². The van der Waals surface area contributed by atoms with Crippen LogP contribution in [-0.4, -0.2) is 34.6 Å². The van der Waals surface area contributed by atoms with Crippen molar-refractivity contribution < 1.29 is 14.7 Å². The smallest absolute Gasteiger partial charge is 0.326 e. The predicted molar refractivity (Wildman–Crippen MR) is 82.8 cm³/mol. The summed E-state index contributed by atoms with van der Waals surface area (Å²) in [7, 11) is 0. The highest BCUT2D eigenvalue weighted by atomic mass is 35.5. The van der Waals surface area contributed by atoms with Crippen molar-refractivity contribution in [3.8, 4) is 0 Å². The third-order valence-corrected chi connectivity index (χ3v) is 5.19. The third kappa shape index (κ3) is 3.89. The van der Waals surface area contributed by atoms with Gasteiger partial charge in [0, 0.05) is 11.4 Å². The molecule has 0 aliphatic carbocycles. The number of carbonyl (C=O) groups is 2. The number of urea groups is 1. The zero-order valence-corrected chi connectivity index (χ0v) is 13.6. The van der Waals surface area contributed by atoms with E-state index in [0.29, 0.717) is 23.2 Å². The summed E-state index contributed by atoms with van der Waals surface area (Å²) >= 11 is 7.30. The van der Waals surface area contributed by atoms with E-state index < -0.39 is 12.0 Å². The Bertz CT molecular complexity index is 534. The SMILES string of the molecule is CC1CCN(C(=O)NC(C)c2ccc(Cl)s2)C(C(=O)O)C1. The van der Waals surface area contributed by atoms with Gasteiger partial charge in [-0.1, -0.05) is 18.5 Å². The first kappa shape index (κ1) is 16.1. The van der Waals surface area contributed by atoms with Gasteiger partial charge in [-0.25, -0.2) is 9.59 Å². The van der Waals surface area contributed by atoms with Crippen molar-refractivity contribution in [1.82, 2.24) is 10.2 Å². The molecule has 1 aliphatic heterocycles. The molecule has 0 bridgehead atoms. The summed E-state index contributed by atoms with van der Waals surface area (Å²) in [5.41, 5.74) is 0. The molecule has 7 heteroatoms. The molecule has 2 amide bonds. The standard InChI is InChI=1S/C14H19ClN2O3S/c1-8-5-6-17(10(7-8)13(18)19)14(20)16-9(2)11-3-4-12(15)21-11/h3-4,8-10H,5-7H2,1-2H3,(H,16,20)(H,18,19). The van der Waals surface area contributed by atoms with Crippen molar-refractivity contribution in [2.45, 2.75) is 38.8 Å². The molecule has 1 aromatic heterocycles. The zero-order chi connectivity index (χ0) is 15.6. The number of hydrogen-bond acceptors (Lipinski definition) is 3. The molecule has 1 aliphatic rings. The molecule has 1 fully saturated rings. The molecule has 5 nitrogen and oxygen atoms in total. The summed E-state index contributed by atoms with van der Waals surface area (Å²) in [6.45, 7) is 4.35. The van der Waals surface area contributed by atoms with E-state index in [1.807, 2.05) is 19.9 Å². The van der Waals surface area contributed by atoms with Crippen molar-refractivity contribution in [1.29, 1.82) is 0 Å². The first-order valence-corrected chi connectivity index (χ1v) is 8.13. The lowest BCUT2D eigenvalue weighted by Gasteiger charge is -2.36. The number of hydrogen-bond donors (Lipinski definition) is 2. The van der Waals surface area contributed by atoms with Gasteiger partial charge < -0.3 is 15.3 Å². The van der Waals surface area contributed by atoms with Crippen molar-refractivity contribution >= 4 is 34.9 Å². The van der Waals surface area contributed by atoms with E-state index in [1.54, 1.807) is 6.07 Å². The molecule has 116 valence electrons. The molecule has 3 atom stereocenters. The Morgan fingerprint density at radius 3 is 2.81 bits per heavy atom. The van der Waals surface area contributed by atoms with Gasteiger partial charge in [-0.2, -0.15) is 0 Å². The van der Waals surface area contributed by atoms with Gasteiger partial charge >= 0.3 is 12.0 Å². The van der Waals surface area contributed by atoms with Crippen LogP contribution in [0.5, 0.6) is 0 Å². The predicted octanol–water partition coefficient (Wildman–Crippen LogP) is 3.36. The summed E-state index contributed by atoms with van der Waals surface area (Å²) in [5.74, 6) is -0.618. The minimum absolute atomic E-state index is 0.191. The molecule has 0 aromatic carbocycles. The Hall–Kier alpha value is -1.27. The van der Waals surface area contributed by atoms with Crippen LogP contribution in [0.1, 0.15) is 37.6 Å². The highest BCUT2D eigenvalue weighted by molar-refractivity contribution is 7.16. The van der Waals surface area contributed by atoms with E-state index >= 15 is 0 Å². The maximum absolute atomic E-state index is 12.3. The van der Waals surface area contributed by atoms with E-state index in [0.717, 1.165) is 11.3 Å². The van der Waals surface area contributed by atoms with Crippen molar-refractivity contribution in [3.05, 3.63) is 21.3 Å². The van der Waals surface area contributed by atoms with E-state index in [2.05, 4.69) is 5.32 Å². The Morgan fingerprint density at radius 1 is 1.52 bits per heavy atom. The summed E-state index contributed by atoms with van der Waals surface area (Å²) in [6.07, 6.45) is 1.33. The number of nitrogens with one attached hydrogen (secondary N) is 1. The van der Waals surface area contributed by atoms with Crippen LogP contribution >= 0.6 is 22.9 Å². The first-order valence-electron chi connectivity index (χ1n) is 6.93. The molecule has 2 heterocycles. The van der Waals surface area contributed by atoms with Gasteiger partial charge in [-0.3, -0.25) is 0 Å². The summed E-state index contributed by atoms with van der Waals surface area (Å²) < 4.78 is 0.668. The number of nitrogens with zero attached hydrogens (tertiary/aromatic N) is 1. The lowest BCUT2D eigenvalue weighted by molar-refractivity contribution is -0.143. The molecular weight excluding hydrogens is 312 g/mol. The average molecular weight is 331 g/mol. The fraction of sp³-hybridized carbons (Fsp3) is 0.571. The quantitative estimate of drug-likeness (QED) is 0.892. The van der Waals surface area contributed by atoms with Gasteiger partial charge in [0.25, 0.3) is 0 Å². The molecule has 1 saturated heterocycles. The highest BCUT2D eigenvalue weighted by Gasteiger charge is 2.35. The normalized spacial score (nSPS) is 23.7. The van der Waals surface area contributed by atoms with Crippen LogP contribution in [0.4, 0.5) is 4.79 Å². The Labute approximate surface area is 132 Å². The Kier molecular flexibility index (Phi) is 5.11. The maximum atomic E-state index is 12.3. The van der Waals surface area contributed by atoms with E-state index in [4.69, 9.17) is 11.6 Å². The molecule has 0 radical (unpaired) electrons. The lowest BCUT2D eigenvalue weighted by Crippen LogP contribution is -2.53. The molecule has 21 heavy (non-hydrogen) atoms. The van der Waals surface area contributed by atoms with Crippen LogP contribution in [0, 0.1) is 5.92 Å². The number of rotatable bonds is 3. The van der Waals surface area contributed by atoms with Gasteiger partial charge in [0.2, 0.25) is 0 Å². The second-order valence-corrected chi connectivity index (χ2v) is 7.24. The zero-order valence-electron chi connectivity index (χ0n) is 12.0. The summed E-state index contributed by atoms with van der Waals surface area (Å²) in [5, 5.41) is 12.1. The van der Waals surface area contributed by atoms with Crippen molar-refractivity contribution in [2.75, 3.05) is 6.54 Å². The third-order valence-electron chi connectivity index (χ3n) is 3.77. The fourth-order valence-electron chi connectivity index (χ4n) is 2.52. The Balaban J connectivity index is 2.02. The largest absolute Gasteiger partial charge is 0.480 e. The molecule has 1 aromatic rings. The van der Waals surface area contributed by atoms with E-state index in [1.165, 1.54) is 16.2 Å².